The van der Waals surface area contributed by atoms with E-state index in [1.165, 1.54) is 0 Å². The number of ketones is 1. The first-order valence-corrected chi connectivity index (χ1v) is 6.30. The lowest BCUT2D eigenvalue weighted by Crippen LogP contribution is -2.06. The molecule has 0 saturated carbocycles. The van der Waals surface area contributed by atoms with Crippen LogP contribution in [0.1, 0.15) is 17.7 Å². The van der Waals surface area contributed by atoms with Crippen LogP contribution in [0.3, 0.4) is 0 Å². The summed E-state index contributed by atoms with van der Waals surface area (Å²) in [6.45, 7) is 0. The van der Waals surface area contributed by atoms with Crippen molar-refractivity contribution in [3.8, 4) is 5.75 Å². The molecule has 0 fully saturated rings. The van der Waals surface area contributed by atoms with Gasteiger partial charge in [-0.3, -0.25) is 9.48 Å². The average Bonchev–Trinajstić information content (AvgIpc) is 2.83. The molecule has 0 aliphatic heterocycles. The largest absolute Gasteiger partial charge is 0.497 e. The van der Waals surface area contributed by atoms with Crippen molar-refractivity contribution in [2.45, 2.75) is 19.3 Å². The van der Waals surface area contributed by atoms with Crippen LogP contribution in [0.5, 0.6) is 5.75 Å². The number of nitrogens with zero attached hydrogens (tertiary/aromatic N) is 2. The van der Waals surface area contributed by atoms with Gasteiger partial charge in [-0.25, -0.2) is 0 Å². The third-order valence-electron chi connectivity index (χ3n) is 3.14. The summed E-state index contributed by atoms with van der Waals surface area (Å²) in [6.07, 6.45) is 3.52. The third-order valence-corrected chi connectivity index (χ3v) is 3.14. The standard InChI is InChI=1S/C15H18N2O2/c1-17-13(9-10-16-17)5-6-14(18)11-12-3-7-15(19-2)8-4-12/h3-4,7-10H,5-6,11H2,1-2H3. The minimum atomic E-state index is 0.242. The Morgan fingerprint density at radius 3 is 2.58 bits per heavy atom. The highest BCUT2D eigenvalue weighted by Crippen LogP contribution is 2.12. The maximum atomic E-state index is 11.9. The smallest absolute Gasteiger partial charge is 0.137 e. The van der Waals surface area contributed by atoms with Crippen LogP contribution in [-0.4, -0.2) is 22.7 Å². The van der Waals surface area contributed by atoms with Gasteiger partial charge < -0.3 is 4.74 Å². The average molecular weight is 258 g/mol. The van der Waals surface area contributed by atoms with Gasteiger partial charge in [0, 0.05) is 31.8 Å². The number of rotatable bonds is 6. The van der Waals surface area contributed by atoms with Crippen molar-refractivity contribution in [2.75, 3.05) is 7.11 Å². The van der Waals surface area contributed by atoms with E-state index in [9.17, 15) is 4.79 Å². The van der Waals surface area contributed by atoms with Crippen LogP contribution in [0, 0.1) is 0 Å². The fourth-order valence-electron chi connectivity index (χ4n) is 1.97. The molecule has 0 unspecified atom stereocenters. The summed E-state index contributed by atoms with van der Waals surface area (Å²) >= 11 is 0. The van der Waals surface area contributed by atoms with E-state index >= 15 is 0 Å². The van der Waals surface area contributed by atoms with E-state index in [0.29, 0.717) is 12.8 Å². The van der Waals surface area contributed by atoms with Crippen LogP contribution in [0.15, 0.2) is 36.5 Å². The number of carbonyl (C=O) groups is 1. The first-order chi connectivity index (χ1) is 9.19. The highest BCUT2D eigenvalue weighted by molar-refractivity contribution is 5.81. The van der Waals surface area contributed by atoms with Crippen molar-refractivity contribution in [3.05, 3.63) is 47.8 Å². The van der Waals surface area contributed by atoms with E-state index in [0.717, 1.165) is 23.4 Å². The molecular weight excluding hydrogens is 240 g/mol. The molecule has 0 bridgehead atoms. The lowest BCUT2D eigenvalue weighted by Gasteiger charge is -2.04. The lowest BCUT2D eigenvalue weighted by atomic mass is 10.0. The van der Waals surface area contributed by atoms with Crippen LogP contribution < -0.4 is 4.74 Å². The van der Waals surface area contributed by atoms with Crippen molar-refractivity contribution >= 4 is 5.78 Å². The Kier molecular flexibility index (Phi) is 4.34. The van der Waals surface area contributed by atoms with Gasteiger partial charge in [-0.15, -0.1) is 0 Å². The molecule has 0 N–H and O–H groups in total. The van der Waals surface area contributed by atoms with Gasteiger partial charge in [0.05, 0.1) is 7.11 Å². The van der Waals surface area contributed by atoms with E-state index in [1.54, 1.807) is 18.0 Å². The minimum Gasteiger partial charge on any atom is -0.497 e. The molecule has 0 radical (unpaired) electrons. The van der Waals surface area contributed by atoms with Gasteiger partial charge in [0.2, 0.25) is 0 Å². The van der Waals surface area contributed by atoms with Crippen LogP contribution in [-0.2, 0) is 24.7 Å². The summed E-state index contributed by atoms with van der Waals surface area (Å²) < 4.78 is 6.90. The van der Waals surface area contributed by atoms with E-state index in [-0.39, 0.29) is 5.78 Å². The number of methoxy groups -OCH3 is 1. The van der Waals surface area contributed by atoms with Gasteiger partial charge in [0.25, 0.3) is 0 Å². The van der Waals surface area contributed by atoms with E-state index in [1.807, 2.05) is 37.4 Å². The second kappa shape index (κ2) is 6.18. The molecule has 1 aromatic carbocycles. The van der Waals surface area contributed by atoms with E-state index in [4.69, 9.17) is 4.74 Å². The van der Waals surface area contributed by atoms with Gasteiger partial charge in [0.15, 0.2) is 0 Å². The van der Waals surface area contributed by atoms with Crippen LogP contribution >= 0.6 is 0 Å². The van der Waals surface area contributed by atoms with Gasteiger partial charge in [-0.1, -0.05) is 12.1 Å². The van der Waals surface area contributed by atoms with Crippen molar-refractivity contribution in [3.63, 3.8) is 0 Å². The monoisotopic (exact) mass is 258 g/mol. The number of hydrogen-bond acceptors (Lipinski definition) is 3. The van der Waals surface area contributed by atoms with Gasteiger partial charge in [-0.05, 0) is 30.2 Å². The SMILES string of the molecule is COc1ccc(CC(=O)CCc2ccnn2C)cc1. The molecule has 100 valence electrons. The van der Waals surface area contributed by atoms with E-state index in [2.05, 4.69) is 5.10 Å². The molecule has 2 aromatic rings. The van der Waals surface area contributed by atoms with Crippen molar-refractivity contribution in [1.29, 1.82) is 0 Å². The molecule has 0 saturated heterocycles. The molecule has 2 rings (SSSR count). The quantitative estimate of drug-likeness (QED) is 0.797. The first kappa shape index (κ1) is 13.3. The Balaban J connectivity index is 1.85. The van der Waals surface area contributed by atoms with Gasteiger partial charge in [-0.2, -0.15) is 5.10 Å². The van der Waals surface area contributed by atoms with Crippen LogP contribution in [0.25, 0.3) is 0 Å². The van der Waals surface area contributed by atoms with Crippen molar-refractivity contribution < 1.29 is 9.53 Å². The maximum absolute atomic E-state index is 11.9. The number of benzene rings is 1. The molecule has 1 aromatic heterocycles. The zero-order chi connectivity index (χ0) is 13.7. The predicted molar refractivity (Wildman–Crippen MR) is 73.2 cm³/mol. The second-order valence-corrected chi connectivity index (χ2v) is 4.51. The Morgan fingerprint density at radius 1 is 1.26 bits per heavy atom. The molecule has 0 atom stereocenters. The number of aryl methyl sites for hydroxylation is 2. The van der Waals surface area contributed by atoms with Crippen molar-refractivity contribution in [2.24, 2.45) is 7.05 Å². The Labute approximate surface area is 113 Å². The number of Topliss-reactive ketones (excluding diaryl/α,β-unsaturated/α-hetero) is 1. The molecule has 1 heterocycles. The molecule has 0 aliphatic rings. The highest BCUT2D eigenvalue weighted by atomic mass is 16.5. The summed E-state index contributed by atoms with van der Waals surface area (Å²) in [7, 11) is 3.53. The molecule has 0 aliphatic carbocycles. The molecule has 0 spiro atoms. The third kappa shape index (κ3) is 3.68. The summed E-state index contributed by atoms with van der Waals surface area (Å²) in [5.74, 6) is 1.05. The Bertz CT molecular complexity index is 544. The van der Waals surface area contributed by atoms with Crippen LogP contribution in [0.4, 0.5) is 0 Å². The van der Waals surface area contributed by atoms with Crippen LogP contribution in [0.2, 0.25) is 0 Å². The van der Waals surface area contributed by atoms with Gasteiger partial charge in [0.1, 0.15) is 11.5 Å². The summed E-state index contributed by atoms with van der Waals surface area (Å²) in [5.41, 5.74) is 2.11. The molecule has 0 amide bonds. The molecule has 4 nitrogen and oxygen atoms in total. The Morgan fingerprint density at radius 2 is 2.00 bits per heavy atom. The molecular formula is C15H18N2O2. The van der Waals surface area contributed by atoms with Gasteiger partial charge >= 0.3 is 0 Å². The minimum absolute atomic E-state index is 0.242. The fourth-order valence-corrected chi connectivity index (χ4v) is 1.97. The fraction of sp³-hybridized carbons (Fsp3) is 0.333. The summed E-state index contributed by atoms with van der Waals surface area (Å²) in [6, 6.07) is 9.57. The predicted octanol–water partition coefficient (Wildman–Crippen LogP) is 2.17. The number of carbonyl (C=O) groups excluding carboxylic acids is 1. The maximum Gasteiger partial charge on any atom is 0.137 e. The normalized spacial score (nSPS) is 10.4. The first-order valence-electron chi connectivity index (χ1n) is 6.30. The zero-order valence-corrected chi connectivity index (χ0v) is 11.3. The lowest BCUT2D eigenvalue weighted by molar-refractivity contribution is -0.118. The van der Waals surface area contributed by atoms with E-state index < -0.39 is 0 Å². The second-order valence-electron chi connectivity index (χ2n) is 4.51. The number of hydrogen-bond donors (Lipinski definition) is 0. The number of aromatic nitrogens is 2. The summed E-state index contributed by atoms with van der Waals surface area (Å²) in [4.78, 5) is 11.9. The summed E-state index contributed by atoms with van der Waals surface area (Å²) in [5, 5.41) is 4.09. The zero-order valence-electron chi connectivity index (χ0n) is 11.3. The molecule has 19 heavy (non-hydrogen) atoms. The van der Waals surface area contributed by atoms with Crippen molar-refractivity contribution in [1.82, 2.24) is 9.78 Å². The number of ether oxygens (including phenoxy) is 1. The highest BCUT2D eigenvalue weighted by Gasteiger charge is 2.06. The molecule has 4 heteroatoms. The topological polar surface area (TPSA) is 44.1 Å². The Hall–Kier alpha value is -2.10.